The van der Waals surface area contributed by atoms with Crippen LogP contribution in [-0.4, -0.2) is 29.5 Å². The number of hydrogen-bond acceptors (Lipinski definition) is 5. The van der Waals surface area contributed by atoms with E-state index in [1.807, 2.05) is 30.3 Å². The first-order valence-electron chi connectivity index (χ1n) is 9.09. The summed E-state index contributed by atoms with van der Waals surface area (Å²) >= 11 is 0. The van der Waals surface area contributed by atoms with E-state index in [9.17, 15) is 4.79 Å². The van der Waals surface area contributed by atoms with Crippen LogP contribution in [-0.2, 0) is 0 Å². The lowest BCUT2D eigenvalue weighted by atomic mass is 10.1. The van der Waals surface area contributed by atoms with Gasteiger partial charge in [0.05, 0.1) is 7.11 Å². The van der Waals surface area contributed by atoms with E-state index in [0.29, 0.717) is 41.2 Å². The van der Waals surface area contributed by atoms with Crippen LogP contribution in [0.15, 0.2) is 60.8 Å². The minimum absolute atomic E-state index is 0.112. The summed E-state index contributed by atoms with van der Waals surface area (Å²) in [5, 5.41) is 2.92. The molecule has 1 N–H and O–H groups in total. The highest BCUT2D eigenvalue weighted by Crippen LogP contribution is 2.25. The van der Waals surface area contributed by atoms with Crippen molar-refractivity contribution in [1.29, 1.82) is 0 Å². The molecule has 1 heterocycles. The van der Waals surface area contributed by atoms with Crippen LogP contribution < -0.4 is 14.8 Å². The fraction of sp³-hybridized carbons (Fsp3) is 0.227. The highest BCUT2D eigenvalue weighted by Gasteiger charge is 2.10. The Labute approximate surface area is 164 Å². The van der Waals surface area contributed by atoms with Gasteiger partial charge in [-0.2, -0.15) is 4.98 Å². The molecule has 0 saturated heterocycles. The van der Waals surface area contributed by atoms with Crippen LogP contribution in [0, 0.1) is 5.92 Å². The van der Waals surface area contributed by atoms with Crippen LogP contribution >= 0.6 is 0 Å². The maximum atomic E-state index is 12.3. The van der Waals surface area contributed by atoms with E-state index in [1.54, 1.807) is 37.6 Å². The molecule has 0 atom stereocenters. The molecule has 3 rings (SSSR count). The first-order valence-corrected chi connectivity index (χ1v) is 9.09. The van der Waals surface area contributed by atoms with Crippen LogP contribution in [0.25, 0.3) is 11.4 Å². The predicted molar refractivity (Wildman–Crippen MR) is 108 cm³/mol. The topological polar surface area (TPSA) is 73.3 Å². The van der Waals surface area contributed by atoms with Crippen LogP contribution in [0.3, 0.4) is 0 Å². The van der Waals surface area contributed by atoms with Crippen molar-refractivity contribution in [3.63, 3.8) is 0 Å². The number of carbonyl (C=O) groups excluding carboxylic acids is 1. The van der Waals surface area contributed by atoms with Crippen molar-refractivity contribution in [2.24, 2.45) is 5.92 Å². The molecule has 6 heteroatoms. The summed E-state index contributed by atoms with van der Waals surface area (Å²) < 4.78 is 11.0. The van der Waals surface area contributed by atoms with Crippen LogP contribution in [0.4, 0.5) is 0 Å². The number of rotatable bonds is 7. The van der Waals surface area contributed by atoms with E-state index in [-0.39, 0.29) is 5.91 Å². The molecule has 1 amide bonds. The average Bonchev–Trinajstić information content (AvgIpc) is 2.72. The number of benzene rings is 2. The lowest BCUT2D eigenvalue weighted by Crippen LogP contribution is -2.27. The van der Waals surface area contributed by atoms with Crippen molar-refractivity contribution in [2.75, 3.05) is 13.7 Å². The number of nitrogens with one attached hydrogen (secondary N) is 1. The molecule has 2 aromatic carbocycles. The van der Waals surface area contributed by atoms with Crippen molar-refractivity contribution >= 4 is 5.91 Å². The molecule has 6 nitrogen and oxygen atoms in total. The van der Waals surface area contributed by atoms with E-state index >= 15 is 0 Å². The number of nitrogens with zero attached hydrogens (tertiary/aromatic N) is 2. The largest absolute Gasteiger partial charge is 0.497 e. The van der Waals surface area contributed by atoms with Crippen molar-refractivity contribution < 1.29 is 14.3 Å². The second-order valence-corrected chi connectivity index (χ2v) is 6.68. The molecule has 144 valence electrons. The summed E-state index contributed by atoms with van der Waals surface area (Å²) in [5.41, 5.74) is 1.31. The third-order valence-corrected chi connectivity index (χ3v) is 3.95. The monoisotopic (exact) mass is 377 g/mol. The summed E-state index contributed by atoms with van der Waals surface area (Å²) in [6.07, 6.45) is 1.63. The lowest BCUT2D eigenvalue weighted by molar-refractivity contribution is 0.0949. The van der Waals surface area contributed by atoms with Gasteiger partial charge in [-0.05, 0) is 30.2 Å². The highest BCUT2D eigenvalue weighted by atomic mass is 16.5. The summed E-state index contributed by atoms with van der Waals surface area (Å²) in [7, 11) is 1.60. The van der Waals surface area contributed by atoms with E-state index in [4.69, 9.17) is 9.47 Å². The highest BCUT2D eigenvalue weighted by molar-refractivity contribution is 5.95. The quantitative estimate of drug-likeness (QED) is 0.663. The molecule has 0 bridgehead atoms. The van der Waals surface area contributed by atoms with Crippen LogP contribution in [0.1, 0.15) is 24.2 Å². The molecular weight excluding hydrogens is 354 g/mol. The van der Waals surface area contributed by atoms with Crippen LogP contribution in [0.2, 0.25) is 0 Å². The zero-order valence-electron chi connectivity index (χ0n) is 16.2. The van der Waals surface area contributed by atoms with Gasteiger partial charge in [0.15, 0.2) is 5.82 Å². The third-order valence-electron chi connectivity index (χ3n) is 3.95. The van der Waals surface area contributed by atoms with Gasteiger partial charge in [0.1, 0.15) is 11.5 Å². The zero-order valence-corrected chi connectivity index (χ0v) is 16.2. The summed E-state index contributed by atoms with van der Waals surface area (Å²) in [4.78, 5) is 21.1. The molecule has 3 aromatic rings. The average molecular weight is 377 g/mol. The Kier molecular flexibility index (Phi) is 6.22. The molecular formula is C22H23N3O3. The third kappa shape index (κ3) is 5.07. The van der Waals surface area contributed by atoms with Gasteiger partial charge in [-0.25, -0.2) is 4.98 Å². The number of amides is 1. The van der Waals surface area contributed by atoms with E-state index in [0.717, 1.165) is 5.56 Å². The fourth-order valence-electron chi connectivity index (χ4n) is 2.52. The van der Waals surface area contributed by atoms with Gasteiger partial charge in [0.2, 0.25) is 5.88 Å². The lowest BCUT2D eigenvalue weighted by Gasteiger charge is -2.09. The molecule has 0 radical (unpaired) electrons. The maximum Gasteiger partial charge on any atom is 0.251 e. The van der Waals surface area contributed by atoms with E-state index in [2.05, 4.69) is 29.1 Å². The summed E-state index contributed by atoms with van der Waals surface area (Å²) in [6.45, 7) is 4.74. The Morgan fingerprint density at radius 2 is 1.86 bits per heavy atom. The molecule has 1 aromatic heterocycles. The summed E-state index contributed by atoms with van der Waals surface area (Å²) in [6, 6.07) is 16.2. The number of aromatic nitrogens is 2. The van der Waals surface area contributed by atoms with E-state index in [1.165, 1.54) is 0 Å². The van der Waals surface area contributed by atoms with Gasteiger partial charge in [0, 0.05) is 36.0 Å². The second-order valence-electron chi connectivity index (χ2n) is 6.68. The van der Waals surface area contributed by atoms with Crippen molar-refractivity contribution in [3.8, 4) is 28.8 Å². The SMILES string of the molecule is COc1cccc(Oc2ccnc(-c3cccc(C(=O)NCC(C)C)c3)n2)c1. The first kappa shape index (κ1) is 19.4. The molecule has 0 fully saturated rings. The Hall–Kier alpha value is -3.41. The number of hydrogen-bond donors (Lipinski definition) is 1. The minimum atomic E-state index is -0.112. The first-order chi connectivity index (χ1) is 13.5. The molecule has 28 heavy (non-hydrogen) atoms. The predicted octanol–water partition coefficient (Wildman–Crippen LogP) is 4.33. The van der Waals surface area contributed by atoms with Crippen LogP contribution in [0.5, 0.6) is 17.4 Å². The number of carbonyl (C=O) groups is 1. The maximum absolute atomic E-state index is 12.3. The van der Waals surface area contributed by atoms with Crippen molar-refractivity contribution in [3.05, 3.63) is 66.4 Å². The summed E-state index contributed by atoms with van der Waals surface area (Å²) in [5.74, 6) is 2.49. The Morgan fingerprint density at radius 1 is 1.07 bits per heavy atom. The smallest absolute Gasteiger partial charge is 0.251 e. The van der Waals surface area contributed by atoms with Gasteiger partial charge in [0.25, 0.3) is 5.91 Å². The zero-order chi connectivity index (χ0) is 19.9. The Balaban J connectivity index is 1.80. The Morgan fingerprint density at radius 3 is 2.64 bits per heavy atom. The van der Waals surface area contributed by atoms with Gasteiger partial charge in [-0.15, -0.1) is 0 Å². The fourth-order valence-corrected chi connectivity index (χ4v) is 2.52. The number of methoxy groups -OCH3 is 1. The normalized spacial score (nSPS) is 10.6. The van der Waals surface area contributed by atoms with Crippen molar-refractivity contribution in [1.82, 2.24) is 15.3 Å². The molecule has 0 aliphatic rings. The van der Waals surface area contributed by atoms with Gasteiger partial charge < -0.3 is 14.8 Å². The molecule has 0 spiro atoms. The standard InChI is InChI=1S/C22H23N3O3/c1-15(2)14-24-22(26)17-7-4-6-16(12-17)21-23-11-10-20(25-21)28-19-9-5-8-18(13-19)27-3/h4-13,15H,14H2,1-3H3,(H,24,26). The van der Waals surface area contributed by atoms with Crippen molar-refractivity contribution in [2.45, 2.75) is 13.8 Å². The number of ether oxygens (including phenoxy) is 2. The van der Waals surface area contributed by atoms with Gasteiger partial charge >= 0.3 is 0 Å². The molecule has 0 aliphatic carbocycles. The molecule has 0 aliphatic heterocycles. The van der Waals surface area contributed by atoms with Gasteiger partial charge in [-0.3, -0.25) is 4.79 Å². The van der Waals surface area contributed by atoms with Gasteiger partial charge in [-0.1, -0.05) is 32.0 Å². The Bertz CT molecular complexity index is 957. The second kappa shape index (κ2) is 8.99. The molecule has 0 unspecified atom stereocenters. The minimum Gasteiger partial charge on any atom is -0.497 e. The molecule has 0 saturated carbocycles. The van der Waals surface area contributed by atoms with E-state index < -0.39 is 0 Å².